The first-order valence-corrected chi connectivity index (χ1v) is 10.9. The number of nitrogens with zero attached hydrogens (tertiary/aromatic N) is 1. The van der Waals surface area contributed by atoms with Crippen LogP contribution >= 0.6 is 11.6 Å². The third-order valence-electron chi connectivity index (χ3n) is 4.30. The SMILES string of the molecule is O=C(N/N=C/c1ccc2c(c1)OCO2)c1ccc(NS(=O)(=O)c2ccc(Cl)cc2)cc1. The summed E-state index contributed by atoms with van der Waals surface area (Å²) in [6.07, 6.45) is 1.48. The first-order chi connectivity index (χ1) is 14.9. The molecule has 0 spiro atoms. The standard InChI is InChI=1S/C21H16ClN3O5S/c22-16-4-8-18(9-5-16)31(27,28)25-17-6-2-15(3-7-17)21(26)24-23-12-14-1-10-19-20(11-14)30-13-29-19/h1-12,25H,13H2,(H,24,26)/b23-12+. The molecule has 0 saturated heterocycles. The normalized spacial score (nSPS) is 12.7. The van der Waals surface area contributed by atoms with Crippen LogP contribution in [0.5, 0.6) is 11.5 Å². The molecule has 0 aromatic heterocycles. The molecule has 2 N–H and O–H groups in total. The first-order valence-electron chi connectivity index (χ1n) is 9.02. The van der Waals surface area contributed by atoms with Gasteiger partial charge in [0.25, 0.3) is 15.9 Å². The highest BCUT2D eigenvalue weighted by Crippen LogP contribution is 2.32. The number of amides is 1. The van der Waals surface area contributed by atoms with Crippen LogP contribution in [-0.2, 0) is 10.0 Å². The number of fused-ring (bicyclic) bond motifs is 1. The maximum atomic E-state index is 12.4. The molecule has 0 radical (unpaired) electrons. The second-order valence-corrected chi connectivity index (χ2v) is 8.57. The Morgan fingerprint density at radius 1 is 0.968 bits per heavy atom. The highest BCUT2D eigenvalue weighted by atomic mass is 35.5. The van der Waals surface area contributed by atoms with Gasteiger partial charge in [0.15, 0.2) is 11.5 Å². The van der Waals surface area contributed by atoms with Gasteiger partial charge in [0, 0.05) is 16.3 Å². The van der Waals surface area contributed by atoms with Gasteiger partial charge in [0.1, 0.15) is 0 Å². The number of halogens is 1. The fourth-order valence-corrected chi connectivity index (χ4v) is 3.93. The molecule has 0 aliphatic carbocycles. The molecule has 1 heterocycles. The Morgan fingerprint density at radius 2 is 1.68 bits per heavy atom. The Hall–Kier alpha value is -3.56. The summed E-state index contributed by atoms with van der Waals surface area (Å²) >= 11 is 5.79. The summed E-state index contributed by atoms with van der Waals surface area (Å²) in [4.78, 5) is 12.3. The molecule has 0 atom stereocenters. The summed E-state index contributed by atoms with van der Waals surface area (Å²) in [7, 11) is -3.76. The van der Waals surface area contributed by atoms with E-state index in [2.05, 4.69) is 15.2 Å². The number of sulfonamides is 1. The summed E-state index contributed by atoms with van der Waals surface area (Å²) in [6.45, 7) is 0.179. The van der Waals surface area contributed by atoms with E-state index in [-0.39, 0.29) is 11.7 Å². The third-order valence-corrected chi connectivity index (χ3v) is 5.95. The Morgan fingerprint density at radius 3 is 2.42 bits per heavy atom. The molecule has 3 aromatic rings. The zero-order chi connectivity index (χ0) is 21.8. The summed E-state index contributed by atoms with van der Waals surface area (Å²) in [6, 6.07) is 17.1. The van der Waals surface area contributed by atoms with Crippen molar-refractivity contribution in [3.63, 3.8) is 0 Å². The van der Waals surface area contributed by atoms with E-state index >= 15 is 0 Å². The minimum atomic E-state index is -3.76. The lowest BCUT2D eigenvalue weighted by atomic mass is 10.2. The highest BCUT2D eigenvalue weighted by molar-refractivity contribution is 7.92. The molecule has 31 heavy (non-hydrogen) atoms. The number of nitrogens with one attached hydrogen (secondary N) is 2. The summed E-state index contributed by atoms with van der Waals surface area (Å²) < 4.78 is 37.8. The Balaban J connectivity index is 1.37. The lowest BCUT2D eigenvalue weighted by Crippen LogP contribution is -2.18. The van der Waals surface area contributed by atoms with Gasteiger partial charge in [0.2, 0.25) is 6.79 Å². The van der Waals surface area contributed by atoms with Crippen LogP contribution in [0.3, 0.4) is 0 Å². The van der Waals surface area contributed by atoms with Crippen LogP contribution in [0.1, 0.15) is 15.9 Å². The zero-order valence-electron chi connectivity index (χ0n) is 15.9. The highest BCUT2D eigenvalue weighted by Gasteiger charge is 2.15. The maximum absolute atomic E-state index is 12.4. The quantitative estimate of drug-likeness (QED) is 0.434. The largest absolute Gasteiger partial charge is 0.454 e. The van der Waals surface area contributed by atoms with Crippen molar-refractivity contribution in [2.45, 2.75) is 4.90 Å². The molecule has 4 rings (SSSR count). The maximum Gasteiger partial charge on any atom is 0.271 e. The molecule has 0 unspecified atom stereocenters. The second-order valence-electron chi connectivity index (χ2n) is 6.45. The van der Waals surface area contributed by atoms with Gasteiger partial charge in [-0.15, -0.1) is 0 Å². The predicted molar refractivity (Wildman–Crippen MR) is 116 cm³/mol. The van der Waals surface area contributed by atoms with E-state index in [1.165, 1.54) is 54.7 Å². The van der Waals surface area contributed by atoms with E-state index in [4.69, 9.17) is 21.1 Å². The molecule has 158 valence electrons. The average Bonchev–Trinajstić information content (AvgIpc) is 3.22. The fraction of sp³-hybridized carbons (Fsp3) is 0.0476. The van der Waals surface area contributed by atoms with Crippen molar-refractivity contribution in [3.8, 4) is 11.5 Å². The van der Waals surface area contributed by atoms with Crippen molar-refractivity contribution in [2.24, 2.45) is 5.10 Å². The molecule has 1 amide bonds. The molecule has 8 nitrogen and oxygen atoms in total. The first kappa shape index (κ1) is 20.7. The van der Waals surface area contributed by atoms with Gasteiger partial charge >= 0.3 is 0 Å². The third kappa shape index (κ3) is 4.96. The minimum absolute atomic E-state index is 0.0802. The molecule has 0 bridgehead atoms. The molecular weight excluding hydrogens is 442 g/mol. The number of hydrazone groups is 1. The second kappa shape index (κ2) is 8.66. The number of hydrogen-bond donors (Lipinski definition) is 2. The van der Waals surface area contributed by atoms with E-state index in [9.17, 15) is 13.2 Å². The van der Waals surface area contributed by atoms with Crippen molar-refractivity contribution in [2.75, 3.05) is 11.5 Å². The zero-order valence-corrected chi connectivity index (χ0v) is 17.5. The molecule has 1 aliphatic heterocycles. The number of carbonyl (C=O) groups excluding carboxylic acids is 1. The van der Waals surface area contributed by atoms with Crippen molar-refractivity contribution in [3.05, 3.63) is 82.9 Å². The molecule has 0 saturated carbocycles. The van der Waals surface area contributed by atoms with Gasteiger partial charge in [-0.1, -0.05) is 11.6 Å². The lowest BCUT2D eigenvalue weighted by Gasteiger charge is -2.08. The van der Waals surface area contributed by atoms with E-state index in [1.807, 2.05) is 0 Å². The van der Waals surface area contributed by atoms with E-state index in [0.717, 1.165) is 5.56 Å². The number of carbonyl (C=O) groups is 1. The van der Waals surface area contributed by atoms with Crippen molar-refractivity contribution in [1.82, 2.24) is 5.43 Å². The summed E-state index contributed by atoms with van der Waals surface area (Å²) in [5.74, 6) is 0.837. The summed E-state index contributed by atoms with van der Waals surface area (Å²) in [5, 5.41) is 4.37. The van der Waals surface area contributed by atoms with Gasteiger partial charge in [-0.05, 0) is 72.3 Å². The molecule has 0 fully saturated rings. The molecule has 1 aliphatic rings. The van der Waals surface area contributed by atoms with Crippen LogP contribution < -0.4 is 19.6 Å². The Labute approximate surface area is 183 Å². The van der Waals surface area contributed by atoms with E-state index in [1.54, 1.807) is 18.2 Å². The molecular formula is C21H16ClN3O5S. The van der Waals surface area contributed by atoms with Gasteiger partial charge in [0.05, 0.1) is 11.1 Å². The van der Waals surface area contributed by atoms with Gasteiger partial charge in [-0.3, -0.25) is 9.52 Å². The Bertz CT molecular complexity index is 1240. The predicted octanol–water partition coefficient (Wildman–Crippen LogP) is 3.63. The van der Waals surface area contributed by atoms with Crippen LogP contribution in [0.15, 0.2) is 76.7 Å². The van der Waals surface area contributed by atoms with Crippen molar-refractivity contribution >= 4 is 39.4 Å². The Kier molecular flexibility index (Phi) is 5.79. The van der Waals surface area contributed by atoms with Crippen molar-refractivity contribution in [1.29, 1.82) is 0 Å². The summed E-state index contributed by atoms with van der Waals surface area (Å²) in [5.41, 5.74) is 3.79. The minimum Gasteiger partial charge on any atom is -0.454 e. The van der Waals surface area contributed by atoms with E-state index in [0.29, 0.717) is 27.8 Å². The molecule has 10 heteroatoms. The van der Waals surface area contributed by atoms with Gasteiger partial charge in [-0.2, -0.15) is 5.10 Å². The van der Waals surface area contributed by atoms with E-state index < -0.39 is 15.9 Å². The number of benzene rings is 3. The smallest absolute Gasteiger partial charge is 0.271 e. The van der Waals surface area contributed by atoms with Crippen LogP contribution in [0.4, 0.5) is 5.69 Å². The van der Waals surface area contributed by atoms with Crippen LogP contribution in [0, 0.1) is 0 Å². The number of anilines is 1. The van der Waals surface area contributed by atoms with Crippen LogP contribution in [0.2, 0.25) is 5.02 Å². The van der Waals surface area contributed by atoms with Crippen LogP contribution in [0.25, 0.3) is 0 Å². The number of rotatable bonds is 6. The monoisotopic (exact) mass is 457 g/mol. The van der Waals surface area contributed by atoms with Crippen LogP contribution in [-0.4, -0.2) is 27.3 Å². The molecule has 3 aromatic carbocycles. The number of hydrogen-bond acceptors (Lipinski definition) is 6. The lowest BCUT2D eigenvalue weighted by molar-refractivity contribution is 0.0955. The van der Waals surface area contributed by atoms with Gasteiger partial charge in [-0.25, -0.2) is 13.8 Å². The fourth-order valence-electron chi connectivity index (χ4n) is 2.74. The topological polar surface area (TPSA) is 106 Å². The van der Waals surface area contributed by atoms with Crippen molar-refractivity contribution < 1.29 is 22.7 Å². The van der Waals surface area contributed by atoms with Gasteiger partial charge < -0.3 is 9.47 Å². The number of ether oxygens (including phenoxy) is 2. The average molecular weight is 458 g/mol.